The largest absolute Gasteiger partial charge is 0.357 e. The van der Waals surface area contributed by atoms with Crippen LogP contribution in [0.5, 0.6) is 0 Å². The number of nitrogens with zero attached hydrogens (tertiary/aromatic N) is 1. The highest BCUT2D eigenvalue weighted by Crippen LogP contribution is 2.19. The number of allylic oxidation sites excluding steroid dienone is 1. The molecule has 2 N–H and O–H groups in total. The van der Waals surface area contributed by atoms with Crippen LogP contribution in [0.4, 0.5) is 0 Å². The lowest BCUT2D eigenvalue weighted by Crippen LogP contribution is -2.38. The maximum atomic E-state index is 12.2. The Balaban J connectivity index is 1.70. The van der Waals surface area contributed by atoms with E-state index in [-0.39, 0.29) is 0 Å². The molecule has 0 saturated carbocycles. The Kier molecular flexibility index (Phi) is 9.34. The molecule has 4 nitrogen and oxygen atoms in total. The van der Waals surface area contributed by atoms with E-state index < -0.39 is 10.8 Å². The van der Waals surface area contributed by atoms with Crippen LogP contribution in [0.3, 0.4) is 0 Å². The van der Waals surface area contributed by atoms with Crippen molar-refractivity contribution in [3.63, 3.8) is 0 Å². The topological polar surface area (TPSA) is 53.5 Å². The van der Waals surface area contributed by atoms with E-state index in [2.05, 4.69) is 28.6 Å². The molecule has 0 spiro atoms. The fraction of sp³-hybridized carbons (Fsp3) is 0.550. The average molecular weight is 362 g/mol. The lowest BCUT2D eigenvalue weighted by atomic mass is 9.97. The van der Waals surface area contributed by atoms with Gasteiger partial charge in [0.05, 0.1) is 6.54 Å². The zero-order chi connectivity index (χ0) is 17.7. The Bertz CT molecular complexity index is 584. The molecule has 1 aromatic carbocycles. The van der Waals surface area contributed by atoms with Crippen LogP contribution in [0.15, 0.2) is 47.0 Å². The molecule has 25 heavy (non-hydrogen) atoms. The summed E-state index contributed by atoms with van der Waals surface area (Å²) in [6.45, 7) is 4.39. The first-order chi connectivity index (χ1) is 12.3. The molecule has 138 valence electrons. The molecule has 0 radical (unpaired) electrons. The molecule has 0 bridgehead atoms. The fourth-order valence-corrected chi connectivity index (χ4v) is 3.91. The molecule has 0 saturated heterocycles. The Morgan fingerprint density at radius 3 is 2.76 bits per heavy atom. The number of rotatable bonds is 9. The van der Waals surface area contributed by atoms with Gasteiger partial charge in [-0.1, -0.05) is 42.0 Å². The molecule has 1 aliphatic carbocycles. The zero-order valence-corrected chi connectivity index (χ0v) is 16.1. The normalized spacial score (nSPS) is 16.2. The van der Waals surface area contributed by atoms with Crippen LogP contribution < -0.4 is 10.6 Å². The predicted molar refractivity (Wildman–Crippen MR) is 108 cm³/mol. The first-order valence-electron chi connectivity index (χ1n) is 9.37. The van der Waals surface area contributed by atoms with Gasteiger partial charge in [-0.25, -0.2) is 0 Å². The van der Waals surface area contributed by atoms with Crippen molar-refractivity contribution in [1.29, 1.82) is 0 Å². The van der Waals surface area contributed by atoms with E-state index in [0.29, 0.717) is 18.1 Å². The third-order valence-electron chi connectivity index (χ3n) is 4.23. The molecule has 1 unspecified atom stereocenters. The monoisotopic (exact) mass is 361 g/mol. The van der Waals surface area contributed by atoms with Crippen molar-refractivity contribution >= 4 is 16.8 Å². The Hall–Kier alpha value is -1.62. The van der Waals surface area contributed by atoms with Crippen molar-refractivity contribution in [3.05, 3.63) is 47.5 Å². The highest BCUT2D eigenvalue weighted by Gasteiger charge is 2.05. The molecule has 0 aliphatic heterocycles. The van der Waals surface area contributed by atoms with Crippen molar-refractivity contribution in [2.75, 3.05) is 25.4 Å². The molecule has 0 amide bonds. The second-order valence-electron chi connectivity index (χ2n) is 6.32. The van der Waals surface area contributed by atoms with Crippen molar-refractivity contribution in [3.8, 4) is 0 Å². The van der Waals surface area contributed by atoms with E-state index >= 15 is 0 Å². The maximum Gasteiger partial charge on any atom is 0.191 e. The summed E-state index contributed by atoms with van der Waals surface area (Å²) >= 11 is 0. The Labute approximate surface area is 154 Å². The molecule has 5 heteroatoms. The van der Waals surface area contributed by atoms with Crippen LogP contribution in [0.1, 0.15) is 44.6 Å². The molecule has 1 aliphatic rings. The minimum absolute atomic E-state index is 0.581. The lowest BCUT2D eigenvalue weighted by molar-refractivity contribution is 0.665. The third kappa shape index (κ3) is 8.34. The second-order valence-corrected chi connectivity index (χ2v) is 7.90. The standard InChI is InChI=1S/C20H31N3OS/c1-2-21-20(22-14-13-18-9-5-3-6-10-18)23-15-16-25(24)17-19-11-7-4-8-12-19/h4,7-9,11-12H,2-3,5-6,10,13-17H2,1H3,(H2,21,22,23). The number of hydrogen-bond acceptors (Lipinski definition) is 2. The molecule has 0 aromatic heterocycles. The van der Waals surface area contributed by atoms with E-state index in [9.17, 15) is 4.21 Å². The third-order valence-corrected chi connectivity index (χ3v) is 5.52. The van der Waals surface area contributed by atoms with E-state index in [1.54, 1.807) is 5.57 Å². The average Bonchev–Trinajstić information content (AvgIpc) is 2.63. The first kappa shape index (κ1) is 19.7. The van der Waals surface area contributed by atoms with E-state index in [1.165, 1.54) is 25.7 Å². The van der Waals surface area contributed by atoms with Crippen LogP contribution in [0.25, 0.3) is 0 Å². The van der Waals surface area contributed by atoms with Crippen LogP contribution in [0.2, 0.25) is 0 Å². The van der Waals surface area contributed by atoms with Crippen LogP contribution >= 0.6 is 0 Å². The van der Waals surface area contributed by atoms with Gasteiger partial charge >= 0.3 is 0 Å². The molecule has 1 atom stereocenters. The maximum absolute atomic E-state index is 12.2. The summed E-state index contributed by atoms with van der Waals surface area (Å²) in [6, 6.07) is 9.99. The summed E-state index contributed by atoms with van der Waals surface area (Å²) in [7, 11) is -0.873. The minimum Gasteiger partial charge on any atom is -0.357 e. The van der Waals surface area contributed by atoms with Gasteiger partial charge in [0, 0.05) is 35.4 Å². The smallest absolute Gasteiger partial charge is 0.191 e. The SMILES string of the molecule is CCNC(=NCCS(=O)Cc1ccccc1)NCCC1=CCCCC1. The second kappa shape index (κ2) is 11.9. The van der Waals surface area contributed by atoms with Gasteiger partial charge in [-0.05, 0) is 44.6 Å². The summed E-state index contributed by atoms with van der Waals surface area (Å²) in [5.41, 5.74) is 2.69. The van der Waals surface area contributed by atoms with E-state index in [1.807, 2.05) is 30.3 Å². The van der Waals surface area contributed by atoms with Crippen molar-refractivity contribution in [1.82, 2.24) is 10.6 Å². The van der Waals surface area contributed by atoms with Crippen LogP contribution in [-0.2, 0) is 16.6 Å². The van der Waals surface area contributed by atoms with Crippen molar-refractivity contribution in [2.45, 2.75) is 44.8 Å². The fourth-order valence-electron chi connectivity index (χ4n) is 2.91. The molecule has 0 heterocycles. The minimum atomic E-state index is -0.873. The number of aliphatic imine (C=N–C) groups is 1. The van der Waals surface area contributed by atoms with Crippen molar-refractivity contribution < 1.29 is 4.21 Å². The summed E-state index contributed by atoms with van der Waals surface area (Å²) in [6.07, 6.45) is 8.62. The quantitative estimate of drug-likeness (QED) is 0.403. The highest BCUT2D eigenvalue weighted by molar-refractivity contribution is 7.84. The van der Waals surface area contributed by atoms with Crippen molar-refractivity contribution in [2.24, 2.45) is 4.99 Å². The number of hydrogen-bond donors (Lipinski definition) is 2. The number of nitrogens with one attached hydrogen (secondary N) is 2. The predicted octanol–water partition coefficient (Wildman–Crippen LogP) is 3.38. The molecular formula is C20H31N3OS. The van der Waals surface area contributed by atoms with Crippen LogP contribution in [0, 0.1) is 0 Å². The van der Waals surface area contributed by atoms with Gasteiger partial charge in [-0.2, -0.15) is 0 Å². The van der Waals surface area contributed by atoms with Gasteiger partial charge in [-0.3, -0.25) is 9.20 Å². The van der Waals surface area contributed by atoms with Gasteiger partial charge in [-0.15, -0.1) is 0 Å². The summed E-state index contributed by atoms with van der Waals surface area (Å²) in [4.78, 5) is 4.56. The summed E-state index contributed by atoms with van der Waals surface area (Å²) in [5, 5.41) is 6.65. The van der Waals surface area contributed by atoms with Gasteiger partial charge in [0.15, 0.2) is 5.96 Å². The van der Waals surface area contributed by atoms with E-state index in [4.69, 9.17) is 0 Å². The molecule has 1 aromatic rings. The van der Waals surface area contributed by atoms with Gasteiger partial charge in [0.1, 0.15) is 0 Å². The van der Waals surface area contributed by atoms with Gasteiger partial charge < -0.3 is 10.6 Å². The summed E-state index contributed by atoms with van der Waals surface area (Å²) < 4.78 is 12.2. The lowest BCUT2D eigenvalue weighted by Gasteiger charge is -2.15. The number of benzene rings is 1. The highest BCUT2D eigenvalue weighted by atomic mass is 32.2. The Morgan fingerprint density at radius 1 is 1.20 bits per heavy atom. The van der Waals surface area contributed by atoms with Gasteiger partial charge in [0.25, 0.3) is 0 Å². The Morgan fingerprint density at radius 2 is 2.04 bits per heavy atom. The zero-order valence-electron chi connectivity index (χ0n) is 15.3. The van der Waals surface area contributed by atoms with Crippen LogP contribution in [-0.4, -0.2) is 35.6 Å². The molecule has 2 rings (SSSR count). The summed E-state index contributed by atoms with van der Waals surface area (Å²) in [5.74, 6) is 2.03. The molecule has 0 fully saturated rings. The van der Waals surface area contributed by atoms with E-state index in [0.717, 1.165) is 31.0 Å². The first-order valence-corrected chi connectivity index (χ1v) is 10.9. The van der Waals surface area contributed by atoms with Gasteiger partial charge in [0.2, 0.25) is 0 Å². The number of guanidine groups is 1. The molecular weight excluding hydrogens is 330 g/mol.